The predicted octanol–water partition coefficient (Wildman–Crippen LogP) is 2.24. The molecule has 0 spiro atoms. The van der Waals surface area contributed by atoms with Gasteiger partial charge in [-0.25, -0.2) is 0 Å². The minimum atomic E-state index is -1.82. The molecule has 0 radical (unpaired) electrons. The highest BCUT2D eigenvalue weighted by molar-refractivity contribution is 6.11. The molecular formula is C18H21N3O3. The quantitative estimate of drug-likeness (QED) is 0.825. The molecule has 2 heterocycles. The Hall–Kier alpha value is -2.47. The van der Waals surface area contributed by atoms with E-state index in [-0.39, 0.29) is 12.2 Å². The number of carbonyl (C=O) groups is 2. The summed E-state index contributed by atoms with van der Waals surface area (Å²) in [5.41, 5.74) is 1.02. The molecule has 0 bridgehead atoms. The Morgan fingerprint density at radius 1 is 1.33 bits per heavy atom. The summed E-state index contributed by atoms with van der Waals surface area (Å²) < 4.78 is 0. The summed E-state index contributed by atoms with van der Waals surface area (Å²) in [6, 6.07) is 7.11. The molecule has 6 nitrogen and oxygen atoms in total. The summed E-state index contributed by atoms with van der Waals surface area (Å²) in [5, 5.41) is 17.9. The topological polar surface area (TPSA) is 86.3 Å². The van der Waals surface area contributed by atoms with Crippen molar-refractivity contribution in [2.24, 2.45) is 0 Å². The van der Waals surface area contributed by atoms with Crippen LogP contribution in [0.2, 0.25) is 0 Å². The SMILES string of the molecule is CCCN1C(=O)C(O)(CC(=O)c2c(C)n[nH]c2C)c2ccccc21. The molecule has 0 saturated carbocycles. The number of aryl methyl sites for hydroxylation is 2. The lowest BCUT2D eigenvalue weighted by atomic mass is 9.87. The average Bonchev–Trinajstić information content (AvgIpc) is 2.99. The van der Waals surface area contributed by atoms with Crippen LogP contribution in [-0.4, -0.2) is 33.5 Å². The van der Waals surface area contributed by atoms with Gasteiger partial charge in [0.2, 0.25) is 0 Å². The van der Waals surface area contributed by atoms with Gasteiger partial charge < -0.3 is 10.0 Å². The van der Waals surface area contributed by atoms with Crippen LogP contribution in [-0.2, 0) is 10.4 Å². The first-order valence-corrected chi connectivity index (χ1v) is 8.08. The molecule has 2 N–H and O–H groups in total. The van der Waals surface area contributed by atoms with Crippen LogP contribution in [0.4, 0.5) is 5.69 Å². The Bertz CT molecular complexity index is 792. The van der Waals surface area contributed by atoms with Gasteiger partial charge in [0.25, 0.3) is 5.91 Å². The lowest BCUT2D eigenvalue weighted by molar-refractivity contribution is -0.135. The number of Topliss-reactive ketones (excluding diaryl/α,β-unsaturated/α-hetero) is 1. The number of hydrogen-bond acceptors (Lipinski definition) is 4. The number of hydrogen-bond donors (Lipinski definition) is 2. The molecule has 0 fully saturated rings. The number of anilines is 1. The Morgan fingerprint density at radius 3 is 2.67 bits per heavy atom. The third-order valence-electron chi connectivity index (χ3n) is 4.51. The van der Waals surface area contributed by atoms with Crippen molar-refractivity contribution >= 4 is 17.4 Å². The predicted molar refractivity (Wildman–Crippen MR) is 90.0 cm³/mol. The van der Waals surface area contributed by atoms with E-state index in [1.165, 1.54) is 0 Å². The number of nitrogens with one attached hydrogen (secondary N) is 1. The Labute approximate surface area is 140 Å². The number of aromatic nitrogens is 2. The zero-order valence-electron chi connectivity index (χ0n) is 14.1. The van der Waals surface area contributed by atoms with Gasteiger partial charge in [-0.2, -0.15) is 5.10 Å². The number of para-hydroxylation sites is 1. The summed E-state index contributed by atoms with van der Waals surface area (Å²) in [5.74, 6) is -0.722. The average molecular weight is 327 g/mol. The highest BCUT2D eigenvalue weighted by Gasteiger charge is 2.50. The molecule has 1 unspecified atom stereocenters. The number of amides is 1. The standard InChI is InChI=1S/C18H21N3O3/c1-4-9-21-14-8-6-5-7-13(14)18(24,17(21)23)10-15(22)16-11(2)19-20-12(16)3/h5-8,24H,4,9-10H2,1-3H3,(H,19,20). The second-order valence-electron chi connectivity index (χ2n) is 6.24. The highest BCUT2D eigenvalue weighted by Crippen LogP contribution is 2.43. The third-order valence-corrected chi connectivity index (χ3v) is 4.51. The van der Waals surface area contributed by atoms with E-state index in [0.29, 0.717) is 34.7 Å². The molecule has 1 aromatic carbocycles. The van der Waals surface area contributed by atoms with Gasteiger partial charge in [0.05, 0.1) is 23.4 Å². The maximum atomic E-state index is 12.8. The van der Waals surface area contributed by atoms with Crippen LogP contribution >= 0.6 is 0 Å². The summed E-state index contributed by atoms with van der Waals surface area (Å²) in [6.07, 6.45) is 0.480. The van der Waals surface area contributed by atoms with Crippen molar-refractivity contribution in [3.05, 3.63) is 46.8 Å². The highest BCUT2D eigenvalue weighted by atomic mass is 16.3. The van der Waals surface area contributed by atoms with E-state index in [1.54, 1.807) is 36.9 Å². The number of nitrogens with zero attached hydrogens (tertiary/aromatic N) is 2. The summed E-state index contributed by atoms with van der Waals surface area (Å²) in [6.45, 7) is 5.96. The Morgan fingerprint density at radius 2 is 2.04 bits per heavy atom. The van der Waals surface area contributed by atoms with Crippen molar-refractivity contribution < 1.29 is 14.7 Å². The van der Waals surface area contributed by atoms with E-state index in [9.17, 15) is 14.7 Å². The number of aromatic amines is 1. The second kappa shape index (κ2) is 5.87. The monoisotopic (exact) mass is 327 g/mol. The maximum absolute atomic E-state index is 12.8. The van der Waals surface area contributed by atoms with Gasteiger partial charge in [0, 0.05) is 17.8 Å². The fraction of sp³-hybridized carbons (Fsp3) is 0.389. The van der Waals surface area contributed by atoms with E-state index < -0.39 is 11.5 Å². The molecule has 1 amide bonds. The van der Waals surface area contributed by atoms with Gasteiger partial charge in [0.15, 0.2) is 11.4 Å². The zero-order chi connectivity index (χ0) is 17.5. The van der Waals surface area contributed by atoms with Crippen molar-refractivity contribution in [3.63, 3.8) is 0 Å². The first-order chi connectivity index (χ1) is 11.4. The fourth-order valence-corrected chi connectivity index (χ4v) is 3.41. The molecule has 1 aliphatic heterocycles. The number of rotatable bonds is 5. The van der Waals surface area contributed by atoms with Crippen LogP contribution in [0, 0.1) is 13.8 Å². The Kier molecular flexibility index (Phi) is 4.01. The van der Waals surface area contributed by atoms with Crippen molar-refractivity contribution in [1.82, 2.24) is 10.2 Å². The molecule has 0 aliphatic carbocycles. The molecule has 24 heavy (non-hydrogen) atoms. The molecule has 1 atom stereocenters. The minimum absolute atomic E-state index is 0.287. The number of aliphatic hydroxyl groups is 1. The maximum Gasteiger partial charge on any atom is 0.264 e. The first kappa shape index (κ1) is 16.4. The summed E-state index contributed by atoms with van der Waals surface area (Å²) in [7, 11) is 0. The molecule has 126 valence electrons. The molecule has 3 rings (SSSR count). The van der Waals surface area contributed by atoms with Gasteiger partial charge >= 0.3 is 0 Å². The van der Waals surface area contributed by atoms with Crippen LogP contribution in [0.3, 0.4) is 0 Å². The molecule has 6 heteroatoms. The van der Waals surface area contributed by atoms with Crippen molar-refractivity contribution in [2.75, 3.05) is 11.4 Å². The lowest BCUT2D eigenvalue weighted by Gasteiger charge is -2.22. The molecule has 1 aliphatic rings. The van der Waals surface area contributed by atoms with Crippen LogP contribution in [0.25, 0.3) is 0 Å². The van der Waals surface area contributed by atoms with Gasteiger partial charge in [-0.3, -0.25) is 14.7 Å². The third kappa shape index (κ3) is 2.34. The van der Waals surface area contributed by atoms with E-state index >= 15 is 0 Å². The Balaban J connectivity index is 2.00. The van der Waals surface area contributed by atoms with Crippen LogP contribution in [0.5, 0.6) is 0 Å². The number of ketones is 1. The van der Waals surface area contributed by atoms with E-state index in [0.717, 1.165) is 6.42 Å². The molecule has 1 aromatic heterocycles. The largest absolute Gasteiger partial charge is 0.375 e. The molecule has 2 aromatic rings. The van der Waals surface area contributed by atoms with Gasteiger partial charge in [-0.1, -0.05) is 25.1 Å². The van der Waals surface area contributed by atoms with Gasteiger partial charge in [-0.15, -0.1) is 0 Å². The summed E-state index contributed by atoms with van der Waals surface area (Å²) >= 11 is 0. The second-order valence-corrected chi connectivity index (χ2v) is 6.24. The van der Waals surface area contributed by atoms with Gasteiger partial charge in [-0.05, 0) is 26.3 Å². The van der Waals surface area contributed by atoms with E-state index in [1.807, 2.05) is 13.0 Å². The lowest BCUT2D eigenvalue weighted by Crippen LogP contribution is -2.42. The van der Waals surface area contributed by atoms with Crippen molar-refractivity contribution in [2.45, 2.75) is 39.2 Å². The normalized spacial score (nSPS) is 19.7. The molecular weight excluding hydrogens is 306 g/mol. The van der Waals surface area contributed by atoms with Crippen LogP contribution < -0.4 is 4.90 Å². The van der Waals surface area contributed by atoms with Crippen LogP contribution in [0.15, 0.2) is 24.3 Å². The summed E-state index contributed by atoms with van der Waals surface area (Å²) in [4.78, 5) is 27.2. The number of fused-ring (bicyclic) bond motifs is 1. The number of benzene rings is 1. The minimum Gasteiger partial charge on any atom is -0.375 e. The number of carbonyl (C=O) groups excluding carboxylic acids is 2. The molecule has 0 saturated heterocycles. The van der Waals surface area contributed by atoms with Gasteiger partial charge in [0.1, 0.15) is 0 Å². The van der Waals surface area contributed by atoms with Crippen molar-refractivity contribution in [3.8, 4) is 0 Å². The zero-order valence-corrected chi connectivity index (χ0v) is 14.1. The van der Waals surface area contributed by atoms with E-state index in [2.05, 4.69) is 10.2 Å². The smallest absolute Gasteiger partial charge is 0.264 e. The van der Waals surface area contributed by atoms with Crippen LogP contribution in [0.1, 0.15) is 47.1 Å². The first-order valence-electron chi connectivity index (χ1n) is 8.08. The number of H-pyrrole nitrogens is 1. The van der Waals surface area contributed by atoms with E-state index in [4.69, 9.17) is 0 Å². The van der Waals surface area contributed by atoms with Crippen molar-refractivity contribution in [1.29, 1.82) is 0 Å². The fourth-order valence-electron chi connectivity index (χ4n) is 3.41.